The molecule has 5 heteroatoms. The Morgan fingerprint density at radius 3 is 3.00 bits per heavy atom. The number of nitrogens with one attached hydrogen (secondary N) is 1. The molecule has 1 amide bonds. The van der Waals surface area contributed by atoms with Gasteiger partial charge >= 0.3 is 0 Å². The van der Waals surface area contributed by atoms with Gasteiger partial charge in [-0.05, 0) is 12.1 Å². The van der Waals surface area contributed by atoms with E-state index >= 15 is 0 Å². The van der Waals surface area contributed by atoms with Gasteiger partial charge in [-0.15, -0.1) is 0 Å². The van der Waals surface area contributed by atoms with Crippen LogP contribution in [0.25, 0.3) is 0 Å². The molecule has 0 saturated carbocycles. The van der Waals surface area contributed by atoms with Crippen molar-refractivity contribution in [2.24, 2.45) is 5.73 Å². The Kier molecular flexibility index (Phi) is 4.03. The number of aliphatic hydroxyl groups excluding tert-OH is 1. The highest BCUT2D eigenvalue weighted by Gasteiger charge is 2.10. The third kappa shape index (κ3) is 3.12. The van der Waals surface area contributed by atoms with E-state index in [2.05, 4.69) is 10.3 Å². The minimum atomic E-state index is -0.862. The number of hydrogen-bond acceptors (Lipinski definition) is 4. The first-order chi connectivity index (χ1) is 6.74. The van der Waals surface area contributed by atoms with E-state index in [-0.39, 0.29) is 12.5 Å². The van der Waals surface area contributed by atoms with E-state index in [1.807, 2.05) is 6.07 Å². The van der Waals surface area contributed by atoms with Crippen molar-refractivity contribution < 1.29 is 9.90 Å². The smallest absolute Gasteiger partial charge is 0.239 e. The number of carbonyl (C=O) groups is 1. The van der Waals surface area contributed by atoms with E-state index in [4.69, 9.17) is 10.8 Å². The minimum absolute atomic E-state index is 0.327. The summed E-state index contributed by atoms with van der Waals surface area (Å²) in [4.78, 5) is 15.1. The molecule has 1 unspecified atom stereocenters. The molecule has 0 saturated heterocycles. The number of nitrogens with zero attached hydrogens (tertiary/aromatic N) is 1. The van der Waals surface area contributed by atoms with Gasteiger partial charge in [0.15, 0.2) is 0 Å². The number of hydrogen-bond donors (Lipinski definition) is 3. The summed E-state index contributed by atoms with van der Waals surface area (Å²) in [5, 5.41) is 11.2. The number of carbonyl (C=O) groups excluding carboxylic acids is 1. The van der Waals surface area contributed by atoms with E-state index in [1.54, 1.807) is 18.3 Å². The van der Waals surface area contributed by atoms with E-state index in [0.29, 0.717) is 6.54 Å². The molecule has 1 atom stereocenters. The second kappa shape index (κ2) is 5.31. The lowest BCUT2D eigenvalue weighted by Gasteiger charge is -2.08. The van der Waals surface area contributed by atoms with Gasteiger partial charge in [-0.2, -0.15) is 0 Å². The third-order valence-electron chi connectivity index (χ3n) is 1.70. The molecule has 0 aliphatic rings. The fourth-order valence-electron chi connectivity index (χ4n) is 0.894. The maximum atomic E-state index is 11.1. The van der Waals surface area contributed by atoms with Crippen LogP contribution in [0.15, 0.2) is 24.4 Å². The Hall–Kier alpha value is -1.46. The van der Waals surface area contributed by atoms with Crippen LogP contribution in [-0.2, 0) is 11.3 Å². The fraction of sp³-hybridized carbons (Fsp3) is 0.333. The molecule has 4 N–H and O–H groups in total. The van der Waals surface area contributed by atoms with Gasteiger partial charge in [-0.3, -0.25) is 9.78 Å². The largest absolute Gasteiger partial charge is 0.394 e. The van der Waals surface area contributed by atoms with Crippen LogP contribution in [0.5, 0.6) is 0 Å². The molecule has 0 aliphatic heterocycles. The lowest BCUT2D eigenvalue weighted by atomic mass is 10.3. The molecule has 1 heterocycles. The van der Waals surface area contributed by atoms with Crippen molar-refractivity contribution in [3.05, 3.63) is 30.1 Å². The SMILES string of the molecule is NC(CO)C(=O)NCc1ccccn1. The first-order valence-corrected chi connectivity index (χ1v) is 4.28. The summed E-state index contributed by atoms with van der Waals surface area (Å²) in [6.45, 7) is -0.0264. The maximum Gasteiger partial charge on any atom is 0.239 e. The van der Waals surface area contributed by atoms with Crippen LogP contribution in [0.3, 0.4) is 0 Å². The second-order valence-electron chi connectivity index (χ2n) is 2.83. The van der Waals surface area contributed by atoms with Crippen LogP contribution in [0.4, 0.5) is 0 Å². The standard InChI is InChI=1S/C9H13N3O2/c10-8(6-13)9(14)12-5-7-3-1-2-4-11-7/h1-4,8,13H,5-6,10H2,(H,12,14). The van der Waals surface area contributed by atoms with E-state index in [9.17, 15) is 4.79 Å². The second-order valence-corrected chi connectivity index (χ2v) is 2.83. The molecule has 76 valence electrons. The summed E-state index contributed by atoms with van der Waals surface area (Å²) in [6, 6.07) is 4.56. The molecule has 1 rings (SSSR count). The summed E-state index contributed by atoms with van der Waals surface area (Å²) in [5.74, 6) is -0.377. The fourth-order valence-corrected chi connectivity index (χ4v) is 0.894. The lowest BCUT2D eigenvalue weighted by Crippen LogP contribution is -2.42. The Balaban J connectivity index is 2.38. The van der Waals surface area contributed by atoms with Crippen molar-refractivity contribution in [2.75, 3.05) is 6.61 Å². The highest BCUT2D eigenvalue weighted by molar-refractivity contribution is 5.81. The van der Waals surface area contributed by atoms with E-state index < -0.39 is 6.04 Å². The monoisotopic (exact) mass is 195 g/mol. The average Bonchev–Trinajstić information content (AvgIpc) is 2.26. The first-order valence-electron chi connectivity index (χ1n) is 4.28. The van der Waals surface area contributed by atoms with Crippen LogP contribution in [-0.4, -0.2) is 28.6 Å². The lowest BCUT2D eigenvalue weighted by molar-refractivity contribution is -0.123. The van der Waals surface area contributed by atoms with Crippen LogP contribution in [0.1, 0.15) is 5.69 Å². The molecule has 0 aliphatic carbocycles. The van der Waals surface area contributed by atoms with E-state index in [1.165, 1.54) is 0 Å². The Bertz CT molecular complexity index is 289. The van der Waals surface area contributed by atoms with Crippen molar-refractivity contribution in [3.8, 4) is 0 Å². The van der Waals surface area contributed by atoms with Crippen molar-refractivity contribution in [2.45, 2.75) is 12.6 Å². The summed E-state index contributed by atoms with van der Waals surface area (Å²) in [6.07, 6.45) is 1.65. The number of aromatic nitrogens is 1. The van der Waals surface area contributed by atoms with Gasteiger partial charge in [-0.25, -0.2) is 0 Å². The maximum absolute atomic E-state index is 11.1. The van der Waals surface area contributed by atoms with Gasteiger partial charge in [0, 0.05) is 6.20 Å². The van der Waals surface area contributed by atoms with Gasteiger partial charge in [-0.1, -0.05) is 6.07 Å². The molecule has 0 aromatic carbocycles. The molecular formula is C9H13N3O2. The number of amides is 1. The normalized spacial score (nSPS) is 12.1. The van der Waals surface area contributed by atoms with Crippen molar-refractivity contribution in [1.29, 1.82) is 0 Å². The van der Waals surface area contributed by atoms with Gasteiger partial charge in [0.1, 0.15) is 6.04 Å². The van der Waals surface area contributed by atoms with Crippen LogP contribution in [0.2, 0.25) is 0 Å². The summed E-state index contributed by atoms with van der Waals surface area (Å²) in [5.41, 5.74) is 6.05. The van der Waals surface area contributed by atoms with Gasteiger partial charge < -0.3 is 16.2 Å². The average molecular weight is 195 g/mol. The molecule has 14 heavy (non-hydrogen) atoms. The highest BCUT2D eigenvalue weighted by atomic mass is 16.3. The predicted octanol–water partition coefficient (Wildman–Crippen LogP) is -0.983. The van der Waals surface area contributed by atoms with E-state index in [0.717, 1.165) is 5.69 Å². The molecule has 0 spiro atoms. The highest BCUT2D eigenvalue weighted by Crippen LogP contribution is 1.92. The Morgan fingerprint density at radius 2 is 2.43 bits per heavy atom. The topological polar surface area (TPSA) is 88.2 Å². The minimum Gasteiger partial charge on any atom is -0.394 e. The number of nitrogens with two attached hydrogens (primary N) is 1. The van der Waals surface area contributed by atoms with Crippen molar-refractivity contribution in [3.63, 3.8) is 0 Å². The Morgan fingerprint density at radius 1 is 1.64 bits per heavy atom. The van der Waals surface area contributed by atoms with Gasteiger partial charge in [0.05, 0.1) is 18.8 Å². The first kappa shape index (κ1) is 10.6. The molecule has 5 nitrogen and oxygen atoms in total. The van der Waals surface area contributed by atoms with Crippen molar-refractivity contribution >= 4 is 5.91 Å². The Labute approximate surface area is 82.0 Å². The molecule has 1 aromatic heterocycles. The number of pyridine rings is 1. The molecule has 0 fully saturated rings. The quantitative estimate of drug-likeness (QED) is 0.576. The molecule has 0 bridgehead atoms. The van der Waals surface area contributed by atoms with Crippen LogP contribution < -0.4 is 11.1 Å². The van der Waals surface area contributed by atoms with Crippen LogP contribution in [0, 0.1) is 0 Å². The van der Waals surface area contributed by atoms with Crippen molar-refractivity contribution in [1.82, 2.24) is 10.3 Å². The zero-order valence-electron chi connectivity index (χ0n) is 7.68. The summed E-state index contributed by atoms with van der Waals surface area (Å²) < 4.78 is 0. The summed E-state index contributed by atoms with van der Waals surface area (Å²) >= 11 is 0. The third-order valence-corrected chi connectivity index (χ3v) is 1.70. The van der Waals surface area contributed by atoms with Gasteiger partial charge in [0.25, 0.3) is 0 Å². The van der Waals surface area contributed by atoms with Gasteiger partial charge in [0.2, 0.25) is 5.91 Å². The molecule has 1 aromatic rings. The zero-order chi connectivity index (χ0) is 10.4. The predicted molar refractivity (Wildman–Crippen MR) is 51.1 cm³/mol. The number of rotatable bonds is 4. The molecule has 0 radical (unpaired) electrons. The molecular weight excluding hydrogens is 182 g/mol. The van der Waals surface area contributed by atoms with Crippen LogP contribution >= 0.6 is 0 Å². The zero-order valence-corrected chi connectivity index (χ0v) is 7.68. The number of aliphatic hydroxyl groups is 1. The summed E-state index contributed by atoms with van der Waals surface area (Å²) in [7, 11) is 0.